The third kappa shape index (κ3) is 3.54. The molecule has 2 aliphatic heterocycles. The van der Waals surface area contributed by atoms with Crippen molar-refractivity contribution in [1.82, 2.24) is 16.0 Å². The molecular formula is C16H23N3O2. The molecule has 0 radical (unpaired) electrons. The van der Waals surface area contributed by atoms with Gasteiger partial charge in [0.25, 0.3) is 0 Å². The van der Waals surface area contributed by atoms with Crippen LogP contribution in [0.25, 0.3) is 0 Å². The van der Waals surface area contributed by atoms with Crippen molar-refractivity contribution >= 4 is 5.91 Å². The molecule has 3 rings (SSSR count). The summed E-state index contributed by atoms with van der Waals surface area (Å²) in [7, 11) is 0. The number of nitrogens with one attached hydrogen (secondary N) is 3. The normalized spacial score (nSPS) is 27.1. The second-order valence-corrected chi connectivity index (χ2v) is 5.69. The fourth-order valence-electron chi connectivity index (χ4n) is 3.06. The molecular weight excluding hydrogens is 266 g/mol. The van der Waals surface area contributed by atoms with E-state index in [2.05, 4.69) is 28.1 Å². The quantitative estimate of drug-likeness (QED) is 0.650. The summed E-state index contributed by atoms with van der Waals surface area (Å²) in [6, 6.07) is 8.18. The van der Waals surface area contributed by atoms with Crippen LogP contribution in [0.5, 0.6) is 5.75 Å². The van der Waals surface area contributed by atoms with Gasteiger partial charge >= 0.3 is 0 Å². The maximum Gasteiger partial charge on any atom is 0.225 e. The van der Waals surface area contributed by atoms with Gasteiger partial charge in [0, 0.05) is 32.1 Å². The minimum absolute atomic E-state index is 0.00295. The van der Waals surface area contributed by atoms with Gasteiger partial charge in [-0.15, -0.1) is 0 Å². The van der Waals surface area contributed by atoms with E-state index < -0.39 is 0 Å². The van der Waals surface area contributed by atoms with Crippen LogP contribution in [0.1, 0.15) is 17.9 Å². The fraction of sp³-hybridized carbons (Fsp3) is 0.562. The SMILES string of the molecule is O=C1NCCNCCCOc2cccc(c2)[C@H]2CNC[C@H]12. The summed E-state index contributed by atoms with van der Waals surface area (Å²) in [4.78, 5) is 12.4. The van der Waals surface area contributed by atoms with Gasteiger partial charge in [0.1, 0.15) is 5.75 Å². The molecule has 1 aromatic rings. The lowest BCUT2D eigenvalue weighted by atomic mass is 9.88. The first kappa shape index (κ1) is 14.4. The molecule has 1 fully saturated rings. The number of fused-ring (bicyclic) bond motifs is 4. The Balaban J connectivity index is 1.81. The van der Waals surface area contributed by atoms with Gasteiger partial charge in [0.2, 0.25) is 5.91 Å². The van der Waals surface area contributed by atoms with E-state index in [4.69, 9.17) is 4.74 Å². The minimum atomic E-state index is 0.00295. The molecule has 0 saturated carbocycles. The fourth-order valence-corrected chi connectivity index (χ4v) is 3.06. The Morgan fingerprint density at radius 1 is 1.05 bits per heavy atom. The smallest absolute Gasteiger partial charge is 0.225 e. The van der Waals surface area contributed by atoms with Crippen LogP contribution in [0, 0.1) is 5.92 Å². The Labute approximate surface area is 125 Å². The van der Waals surface area contributed by atoms with Gasteiger partial charge in [0.15, 0.2) is 0 Å². The Morgan fingerprint density at radius 3 is 2.90 bits per heavy atom. The van der Waals surface area contributed by atoms with Gasteiger partial charge in [-0.3, -0.25) is 4.79 Å². The number of hydrogen-bond acceptors (Lipinski definition) is 4. The second kappa shape index (κ2) is 6.91. The molecule has 3 N–H and O–H groups in total. The van der Waals surface area contributed by atoms with E-state index >= 15 is 0 Å². The average Bonchev–Trinajstić information content (AvgIpc) is 2.99. The van der Waals surface area contributed by atoms with Crippen molar-refractivity contribution < 1.29 is 9.53 Å². The zero-order valence-corrected chi connectivity index (χ0v) is 12.2. The first-order valence-electron chi connectivity index (χ1n) is 7.76. The molecule has 2 bridgehead atoms. The predicted molar refractivity (Wildman–Crippen MR) is 81.5 cm³/mol. The van der Waals surface area contributed by atoms with Gasteiger partial charge in [-0.1, -0.05) is 12.1 Å². The molecule has 1 aromatic carbocycles. The summed E-state index contributed by atoms with van der Waals surface area (Å²) in [6.45, 7) is 4.71. The summed E-state index contributed by atoms with van der Waals surface area (Å²) in [5.41, 5.74) is 1.19. The van der Waals surface area contributed by atoms with Crippen molar-refractivity contribution in [2.75, 3.05) is 39.3 Å². The second-order valence-electron chi connectivity index (χ2n) is 5.69. The standard InChI is InChI=1S/C16H23N3O2/c20-16-15-11-18-10-14(15)12-3-1-4-13(9-12)21-8-2-5-17-6-7-19-16/h1,3-4,9,14-15,17-18H,2,5-8,10-11H2,(H,19,20)/t14-,15+/m1/s1. The highest BCUT2D eigenvalue weighted by atomic mass is 16.5. The number of ether oxygens (including phenoxy) is 1. The van der Waals surface area contributed by atoms with Gasteiger partial charge in [-0.25, -0.2) is 0 Å². The lowest BCUT2D eigenvalue weighted by Gasteiger charge is -2.20. The molecule has 0 spiro atoms. The van der Waals surface area contributed by atoms with Crippen LogP contribution >= 0.6 is 0 Å². The molecule has 1 amide bonds. The third-order valence-corrected chi connectivity index (χ3v) is 4.20. The first-order chi connectivity index (χ1) is 10.3. The average molecular weight is 289 g/mol. The molecule has 114 valence electrons. The monoisotopic (exact) mass is 289 g/mol. The van der Waals surface area contributed by atoms with Crippen LogP contribution in [0.15, 0.2) is 24.3 Å². The summed E-state index contributed by atoms with van der Waals surface area (Å²) in [5.74, 6) is 1.28. The van der Waals surface area contributed by atoms with Gasteiger partial charge in [-0.05, 0) is 30.7 Å². The molecule has 2 aliphatic rings. The zero-order chi connectivity index (χ0) is 14.5. The predicted octanol–water partition coefficient (Wildman–Crippen LogP) is 0.478. The van der Waals surface area contributed by atoms with Crippen molar-refractivity contribution in [3.63, 3.8) is 0 Å². The largest absolute Gasteiger partial charge is 0.494 e. The van der Waals surface area contributed by atoms with Crippen LogP contribution in [0.2, 0.25) is 0 Å². The van der Waals surface area contributed by atoms with Gasteiger partial charge in [0.05, 0.1) is 12.5 Å². The lowest BCUT2D eigenvalue weighted by molar-refractivity contribution is -0.124. The molecule has 0 aromatic heterocycles. The number of carbonyl (C=O) groups excluding carboxylic acids is 1. The zero-order valence-electron chi connectivity index (χ0n) is 12.2. The Kier molecular flexibility index (Phi) is 4.72. The highest BCUT2D eigenvalue weighted by Gasteiger charge is 2.33. The van der Waals surface area contributed by atoms with Crippen LogP contribution in [0.4, 0.5) is 0 Å². The topological polar surface area (TPSA) is 62.4 Å². The molecule has 2 heterocycles. The Bertz CT molecular complexity index is 492. The lowest BCUT2D eigenvalue weighted by Crippen LogP contribution is -2.38. The number of carbonyl (C=O) groups is 1. The summed E-state index contributed by atoms with van der Waals surface area (Å²) in [5, 5.41) is 9.70. The van der Waals surface area contributed by atoms with E-state index in [-0.39, 0.29) is 17.7 Å². The molecule has 0 unspecified atom stereocenters. The first-order valence-corrected chi connectivity index (χ1v) is 7.76. The number of hydrogen-bond donors (Lipinski definition) is 3. The van der Waals surface area contributed by atoms with Crippen molar-refractivity contribution in [2.45, 2.75) is 12.3 Å². The van der Waals surface area contributed by atoms with Gasteiger partial charge in [-0.2, -0.15) is 0 Å². The van der Waals surface area contributed by atoms with E-state index in [1.807, 2.05) is 12.1 Å². The van der Waals surface area contributed by atoms with E-state index in [0.717, 1.165) is 45.0 Å². The minimum Gasteiger partial charge on any atom is -0.494 e. The third-order valence-electron chi connectivity index (χ3n) is 4.20. The maximum atomic E-state index is 12.4. The summed E-state index contributed by atoms with van der Waals surface area (Å²) >= 11 is 0. The number of rotatable bonds is 0. The van der Waals surface area contributed by atoms with E-state index in [1.165, 1.54) is 5.56 Å². The number of benzene rings is 1. The molecule has 5 heteroatoms. The number of amides is 1. The van der Waals surface area contributed by atoms with Crippen molar-refractivity contribution in [3.05, 3.63) is 29.8 Å². The molecule has 21 heavy (non-hydrogen) atoms. The van der Waals surface area contributed by atoms with E-state index in [9.17, 15) is 4.79 Å². The highest BCUT2D eigenvalue weighted by molar-refractivity contribution is 5.80. The molecule has 0 aliphatic carbocycles. The van der Waals surface area contributed by atoms with Crippen LogP contribution in [-0.4, -0.2) is 45.2 Å². The van der Waals surface area contributed by atoms with Crippen LogP contribution in [-0.2, 0) is 4.79 Å². The molecule has 5 nitrogen and oxygen atoms in total. The van der Waals surface area contributed by atoms with E-state index in [0.29, 0.717) is 6.54 Å². The maximum absolute atomic E-state index is 12.4. The van der Waals surface area contributed by atoms with Crippen molar-refractivity contribution in [2.24, 2.45) is 5.92 Å². The molecule has 2 atom stereocenters. The summed E-state index contributed by atoms with van der Waals surface area (Å²) in [6.07, 6.45) is 0.964. The Hall–Kier alpha value is -1.59. The van der Waals surface area contributed by atoms with Gasteiger partial charge < -0.3 is 20.7 Å². The van der Waals surface area contributed by atoms with E-state index in [1.54, 1.807) is 0 Å². The van der Waals surface area contributed by atoms with Crippen molar-refractivity contribution in [1.29, 1.82) is 0 Å². The van der Waals surface area contributed by atoms with Crippen molar-refractivity contribution in [3.8, 4) is 5.75 Å². The molecule has 1 saturated heterocycles. The van der Waals surface area contributed by atoms with Crippen LogP contribution < -0.4 is 20.7 Å². The van der Waals surface area contributed by atoms with Crippen LogP contribution in [0.3, 0.4) is 0 Å². The highest BCUT2D eigenvalue weighted by Crippen LogP contribution is 2.30. The Morgan fingerprint density at radius 2 is 1.95 bits per heavy atom. The summed E-state index contributed by atoms with van der Waals surface area (Å²) < 4.78 is 5.81.